The quantitative estimate of drug-likeness (QED) is 0.131. The number of fused-ring (bicyclic) bond motifs is 4. The van der Waals surface area contributed by atoms with E-state index in [1.165, 1.54) is 27.7 Å². The molecule has 3 fully saturated rings. The lowest BCUT2D eigenvalue weighted by Crippen LogP contribution is -2.38. The second-order valence-corrected chi connectivity index (χ2v) is 16.7. The van der Waals surface area contributed by atoms with Crippen molar-refractivity contribution in [1.29, 1.82) is 0 Å². The molecule has 26 nitrogen and oxygen atoms in total. The summed E-state index contributed by atoms with van der Waals surface area (Å²) >= 11 is 0. The maximum Gasteiger partial charge on any atom is 0.510 e. The number of carbonyl (C=O) groups excluding carboxylic acids is 2. The van der Waals surface area contributed by atoms with Crippen molar-refractivity contribution < 1.29 is 83.1 Å². The largest absolute Gasteiger partial charge is 0.510 e. The van der Waals surface area contributed by atoms with Gasteiger partial charge in [-0.15, -0.1) is 0 Å². The van der Waals surface area contributed by atoms with E-state index in [4.69, 9.17) is 67.0 Å². The van der Waals surface area contributed by atoms with Gasteiger partial charge in [0.1, 0.15) is 48.1 Å². The maximum absolute atomic E-state index is 16.7. The van der Waals surface area contributed by atoms with E-state index < -0.39 is 116 Å². The van der Waals surface area contributed by atoms with E-state index in [9.17, 15) is 18.7 Å². The molecule has 60 heavy (non-hydrogen) atoms. The first-order chi connectivity index (χ1) is 28.5. The Morgan fingerprint density at radius 2 is 1.12 bits per heavy atom. The van der Waals surface area contributed by atoms with Gasteiger partial charge in [0.25, 0.3) is 0 Å². The Morgan fingerprint density at radius 3 is 1.50 bits per heavy atom. The topological polar surface area (TPSA) is 318 Å². The Labute approximate surface area is 336 Å². The van der Waals surface area contributed by atoms with Crippen LogP contribution in [0.3, 0.4) is 0 Å². The molecule has 0 radical (unpaired) electrons. The number of carbonyl (C=O) groups is 2. The van der Waals surface area contributed by atoms with Crippen molar-refractivity contribution in [3.8, 4) is 0 Å². The molecule has 3 aliphatic rings. The van der Waals surface area contributed by atoms with Crippen molar-refractivity contribution in [2.75, 3.05) is 38.3 Å². The number of anilines is 2. The molecular weight excluding hydrogens is 856 g/mol. The molecule has 3 aliphatic heterocycles. The van der Waals surface area contributed by atoms with Crippen LogP contribution in [0, 0.1) is 0 Å². The van der Waals surface area contributed by atoms with Gasteiger partial charge in [0.15, 0.2) is 47.7 Å². The molecule has 0 bridgehead atoms. The van der Waals surface area contributed by atoms with E-state index >= 15 is 8.78 Å². The van der Waals surface area contributed by atoms with Crippen LogP contribution in [-0.2, 0) is 64.7 Å². The van der Waals surface area contributed by atoms with Crippen LogP contribution in [0.1, 0.15) is 40.2 Å². The molecule has 4 aromatic heterocycles. The van der Waals surface area contributed by atoms with Crippen molar-refractivity contribution in [2.45, 2.75) is 89.1 Å². The number of alkyl halides is 2. The summed E-state index contributed by atoms with van der Waals surface area (Å²) in [5.41, 5.74) is 12.0. The van der Waals surface area contributed by atoms with Crippen molar-refractivity contribution in [3.05, 3.63) is 25.3 Å². The Kier molecular flexibility index (Phi) is 12.8. The number of nitrogens with two attached hydrogens (primary N) is 2. The van der Waals surface area contributed by atoms with Gasteiger partial charge in [-0.25, -0.2) is 66.5 Å². The van der Waals surface area contributed by atoms with E-state index in [0.717, 1.165) is 34.4 Å². The van der Waals surface area contributed by atoms with Gasteiger partial charge in [0, 0.05) is 0 Å². The highest BCUT2D eigenvalue weighted by Gasteiger charge is 2.56. The van der Waals surface area contributed by atoms with Crippen LogP contribution in [0.15, 0.2) is 25.3 Å². The number of rotatable bonds is 10. The van der Waals surface area contributed by atoms with E-state index in [-0.39, 0.29) is 34.0 Å². The second kappa shape index (κ2) is 17.7. The average Bonchev–Trinajstić information content (AvgIpc) is 3.94. The SMILES string of the molecule is CC(C)OC(=O)OCO[P@@]1(=O)OC[C@H]2O[C@@H](n3cnc4c(N)ncnc43)[C@H](F)[C@@H]2O[P@](=O)(OCOC(=O)OC(C)C)OC[C@H]2O[C@@H](n3cnc4c(N)ncnc43)[C@H](F)[C@@H]2O1. The average molecular weight is 895 g/mol. The lowest BCUT2D eigenvalue weighted by Gasteiger charge is -2.29. The molecule has 328 valence electrons. The van der Waals surface area contributed by atoms with Crippen LogP contribution in [0.4, 0.5) is 30.0 Å². The Hall–Kier alpha value is -4.76. The minimum absolute atomic E-state index is 0.0113. The fourth-order valence-corrected chi connectivity index (χ4v) is 8.54. The van der Waals surface area contributed by atoms with Crippen LogP contribution in [0.25, 0.3) is 22.3 Å². The first-order valence-electron chi connectivity index (χ1n) is 17.8. The first kappa shape index (κ1) is 43.3. The summed E-state index contributed by atoms with van der Waals surface area (Å²) in [4.78, 5) is 48.4. The Balaban J connectivity index is 1.23. The first-order valence-corrected chi connectivity index (χ1v) is 20.7. The molecule has 0 spiro atoms. The van der Waals surface area contributed by atoms with Gasteiger partial charge in [-0.3, -0.25) is 27.2 Å². The van der Waals surface area contributed by atoms with Gasteiger partial charge in [0.2, 0.25) is 13.6 Å². The third-order valence-corrected chi connectivity index (χ3v) is 11.4. The summed E-state index contributed by atoms with van der Waals surface area (Å²) in [6, 6.07) is 0. The standard InChI is InChI=1S/C30H38F2N10O16P2/c1-13(2)53-29(43)47-11-51-59(45)49-5-15-22(18(32)28(55-15)42-10-40-20-24(34)36-8-38-26(20)42)58-60(46,52-12-48-30(44)54-14(3)4)50-6-16-21(57-59)17(31)27(56-16)41-9-39-19-23(33)35-7-37-25(19)41/h7-10,13-18,21-22,27-28H,5-6,11-12H2,1-4H3,(H2,33,35,37)(H2,34,36,38)/t15-,16-,17-,18-,21-,22-,27-,28-,59-,60+/m1/s1. The predicted molar refractivity (Wildman–Crippen MR) is 191 cm³/mol. The number of phosphoric ester groups is 2. The summed E-state index contributed by atoms with van der Waals surface area (Å²) in [5.74, 6) is -0.0925. The van der Waals surface area contributed by atoms with E-state index in [1.54, 1.807) is 0 Å². The lowest BCUT2D eigenvalue weighted by atomic mass is 10.1. The number of halogens is 2. The predicted octanol–water partition coefficient (Wildman–Crippen LogP) is 3.41. The Morgan fingerprint density at radius 1 is 0.717 bits per heavy atom. The van der Waals surface area contributed by atoms with E-state index in [2.05, 4.69) is 29.9 Å². The van der Waals surface area contributed by atoms with Crippen LogP contribution in [0.2, 0.25) is 0 Å². The third kappa shape index (κ3) is 9.26. The smallest absolute Gasteiger partial charge is 0.432 e. The summed E-state index contributed by atoms with van der Waals surface area (Å²) in [5, 5.41) is 0. The number of nitrogen functional groups attached to an aromatic ring is 2. The third-order valence-electron chi connectivity index (χ3n) is 8.59. The molecular formula is C30H38F2N10O16P2. The molecule has 3 saturated heterocycles. The van der Waals surface area contributed by atoms with Crippen molar-refractivity contribution in [3.63, 3.8) is 0 Å². The molecule has 0 aliphatic carbocycles. The molecule has 10 atom stereocenters. The van der Waals surface area contributed by atoms with Gasteiger partial charge in [-0.2, -0.15) is 0 Å². The summed E-state index contributed by atoms with van der Waals surface area (Å²) in [6.07, 6.45) is -14.6. The van der Waals surface area contributed by atoms with Gasteiger partial charge in [-0.1, -0.05) is 0 Å². The molecule has 0 saturated carbocycles. The number of nitrogens with zero attached hydrogens (tertiary/aromatic N) is 8. The number of aromatic nitrogens is 8. The van der Waals surface area contributed by atoms with Crippen LogP contribution in [-0.4, -0.2) is 127 Å². The van der Waals surface area contributed by atoms with Gasteiger partial charge < -0.3 is 39.9 Å². The summed E-state index contributed by atoms with van der Waals surface area (Å²) in [7, 11) is -10.3. The van der Waals surface area contributed by atoms with Crippen LogP contribution >= 0.6 is 15.6 Å². The van der Waals surface area contributed by atoms with Gasteiger partial charge in [0.05, 0.1) is 38.1 Å². The number of imidazole rings is 2. The van der Waals surface area contributed by atoms with E-state index in [1.807, 2.05) is 0 Å². The molecule has 7 heterocycles. The monoisotopic (exact) mass is 894 g/mol. The minimum Gasteiger partial charge on any atom is -0.432 e. The second-order valence-electron chi connectivity index (χ2n) is 13.4. The molecule has 0 aromatic carbocycles. The number of ether oxygens (including phenoxy) is 6. The highest BCUT2D eigenvalue weighted by Crippen LogP contribution is 2.58. The number of phosphoric acid groups is 2. The van der Waals surface area contributed by atoms with Crippen LogP contribution < -0.4 is 11.5 Å². The maximum atomic E-state index is 16.7. The zero-order chi connectivity index (χ0) is 42.9. The fourth-order valence-electron chi connectivity index (χ4n) is 6.02. The van der Waals surface area contributed by atoms with Crippen molar-refractivity contribution in [1.82, 2.24) is 39.0 Å². The number of hydrogen-bond donors (Lipinski definition) is 2. The normalized spacial score (nSPS) is 31.1. The molecule has 4 aromatic rings. The molecule has 0 amide bonds. The van der Waals surface area contributed by atoms with Gasteiger partial charge >= 0.3 is 28.0 Å². The van der Waals surface area contributed by atoms with Crippen molar-refractivity contribution >= 4 is 61.9 Å². The fraction of sp³-hybridized carbons (Fsp3) is 0.600. The zero-order valence-corrected chi connectivity index (χ0v) is 33.6. The van der Waals surface area contributed by atoms with Crippen LogP contribution in [0.5, 0.6) is 0 Å². The molecule has 7 rings (SSSR count). The summed E-state index contributed by atoms with van der Waals surface area (Å²) in [6.45, 7) is 1.94. The molecule has 30 heteroatoms. The highest BCUT2D eigenvalue weighted by atomic mass is 31.2. The van der Waals surface area contributed by atoms with Crippen molar-refractivity contribution in [2.24, 2.45) is 0 Å². The minimum atomic E-state index is -5.15. The van der Waals surface area contributed by atoms with Gasteiger partial charge in [-0.05, 0) is 27.7 Å². The molecule has 0 unspecified atom stereocenters. The number of hydrogen-bond acceptors (Lipinski definition) is 24. The zero-order valence-electron chi connectivity index (χ0n) is 31.8. The highest BCUT2D eigenvalue weighted by molar-refractivity contribution is 7.48. The lowest BCUT2D eigenvalue weighted by molar-refractivity contribution is -0.0827. The Bertz CT molecular complexity index is 2130. The summed E-state index contributed by atoms with van der Waals surface area (Å²) < 4.78 is 129. The molecule has 4 N–H and O–H groups in total. The van der Waals surface area contributed by atoms with E-state index in [0.29, 0.717) is 0 Å².